The first-order valence-corrected chi connectivity index (χ1v) is 19.8. The molecule has 12 nitrogen and oxygen atoms in total. The zero-order chi connectivity index (χ0) is 40.2. The molecule has 0 saturated carbocycles. The predicted octanol–water partition coefficient (Wildman–Crippen LogP) is 7.16. The van der Waals surface area contributed by atoms with Gasteiger partial charge in [0.2, 0.25) is 17.7 Å². The van der Waals surface area contributed by atoms with Crippen molar-refractivity contribution in [3.63, 3.8) is 0 Å². The molecular weight excluding hydrogens is 697 g/mol. The average molecular weight is 759 g/mol. The molecule has 1 unspecified atom stereocenters. The number of carbonyl (C=O) groups excluding carboxylic acids is 3. The third kappa shape index (κ3) is 16.0. The van der Waals surface area contributed by atoms with Crippen molar-refractivity contribution in [1.29, 1.82) is 0 Å². The third-order valence-electron chi connectivity index (χ3n) is 9.50. The van der Waals surface area contributed by atoms with Gasteiger partial charge < -0.3 is 36.8 Å². The monoisotopic (exact) mass is 758 g/mol. The number of amides is 3. The molecule has 7 N–H and O–H groups in total. The number of nitrogen functional groups attached to an aromatic ring is 1. The Hall–Kier alpha value is -5.13. The summed E-state index contributed by atoms with van der Waals surface area (Å²) < 4.78 is 5.81. The molecule has 3 amide bonds. The Bertz CT molecular complexity index is 1710. The van der Waals surface area contributed by atoms with Gasteiger partial charge in [0.15, 0.2) is 5.88 Å². The van der Waals surface area contributed by atoms with Crippen LogP contribution in [0, 0.1) is 5.92 Å². The molecule has 300 valence electrons. The number of nitrogens with two attached hydrogens (primary N) is 1. The topological polar surface area (TPSA) is 185 Å². The van der Waals surface area contributed by atoms with Gasteiger partial charge in [0.25, 0.3) is 0 Å². The fraction of sp³-hybridized carbons (Fsp3) is 0.512. The molecule has 0 aliphatic heterocycles. The number of rotatable bonds is 26. The number of nitrogens with one attached hydrogen (secondary N) is 4. The summed E-state index contributed by atoms with van der Waals surface area (Å²) in [6.45, 7) is 12.5. The van der Waals surface area contributed by atoms with Crippen molar-refractivity contribution in [1.82, 2.24) is 20.9 Å². The van der Waals surface area contributed by atoms with Gasteiger partial charge in [-0.2, -0.15) is 0 Å². The largest absolute Gasteiger partial charge is 0.481 e. The van der Waals surface area contributed by atoms with Gasteiger partial charge in [-0.15, -0.1) is 0 Å². The van der Waals surface area contributed by atoms with Crippen LogP contribution in [0.2, 0.25) is 0 Å². The lowest BCUT2D eigenvalue weighted by molar-refractivity contribution is -0.137. The number of nitrogens with zero attached hydrogens (tertiary/aromatic N) is 1. The molecule has 2 aromatic carbocycles. The molecule has 0 aliphatic carbocycles. The van der Waals surface area contributed by atoms with E-state index >= 15 is 0 Å². The summed E-state index contributed by atoms with van der Waals surface area (Å²) in [5, 5.41) is 21.5. The number of carboxylic acids is 1. The summed E-state index contributed by atoms with van der Waals surface area (Å²) in [4.78, 5) is 53.6. The SMILES string of the molecule is C=C(NCCCCCc1cccc2nc(N)c(CCCCC)cc12)OCc1ccc(NC(=O)C(C)NC(=O)[C@@H](NC(=O)CCCCCC(=O)O)C(C)C)cc1. The van der Waals surface area contributed by atoms with E-state index in [9.17, 15) is 19.2 Å². The molecule has 55 heavy (non-hydrogen) atoms. The summed E-state index contributed by atoms with van der Waals surface area (Å²) in [6.07, 6.45) is 10.5. The number of carboxylic acid groups (broad SMARTS) is 1. The minimum atomic E-state index is -0.861. The van der Waals surface area contributed by atoms with Crippen LogP contribution in [0.3, 0.4) is 0 Å². The van der Waals surface area contributed by atoms with Crippen LogP contribution in [0.25, 0.3) is 10.9 Å². The maximum atomic E-state index is 13.0. The molecule has 0 spiro atoms. The second-order valence-corrected chi connectivity index (χ2v) is 14.6. The highest BCUT2D eigenvalue weighted by atomic mass is 16.5. The van der Waals surface area contributed by atoms with Gasteiger partial charge in [0.05, 0.1) is 5.52 Å². The smallest absolute Gasteiger partial charge is 0.303 e. The highest BCUT2D eigenvalue weighted by molar-refractivity contribution is 5.98. The first kappa shape index (κ1) is 44.3. The summed E-state index contributed by atoms with van der Waals surface area (Å²) >= 11 is 0. The molecule has 0 saturated heterocycles. The minimum absolute atomic E-state index is 0.0665. The number of hydrogen-bond acceptors (Lipinski definition) is 8. The number of aromatic nitrogens is 1. The quantitative estimate of drug-likeness (QED) is 0.0365. The second kappa shape index (κ2) is 23.6. The number of carbonyl (C=O) groups is 4. The van der Waals surface area contributed by atoms with Crippen LogP contribution in [0.5, 0.6) is 0 Å². The van der Waals surface area contributed by atoms with Gasteiger partial charge in [-0.25, -0.2) is 4.98 Å². The summed E-state index contributed by atoms with van der Waals surface area (Å²) in [5.74, 6) is -1.05. The molecule has 3 aromatic rings. The number of hydrogen-bond donors (Lipinski definition) is 6. The molecule has 1 aromatic heterocycles. The lowest BCUT2D eigenvalue weighted by atomic mass is 9.99. The zero-order valence-corrected chi connectivity index (χ0v) is 33.2. The van der Waals surface area contributed by atoms with Crippen molar-refractivity contribution >= 4 is 46.1 Å². The molecule has 2 atom stereocenters. The van der Waals surface area contributed by atoms with E-state index in [4.69, 9.17) is 15.6 Å². The van der Waals surface area contributed by atoms with E-state index in [-0.39, 0.29) is 24.7 Å². The van der Waals surface area contributed by atoms with E-state index in [0.717, 1.165) is 61.7 Å². The molecule has 12 heteroatoms. The third-order valence-corrected chi connectivity index (χ3v) is 9.50. The Kier molecular flexibility index (Phi) is 19.0. The van der Waals surface area contributed by atoms with Crippen LogP contribution >= 0.6 is 0 Å². The Balaban J connectivity index is 1.33. The number of unbranched alkanes of at least 4 members (excludes halogenated alkanes) is 6. The van der Waals surface area contributed by atoms with E-state index in [1.54, 1.807) is 19.1 Å². The van der Waals surface area contributed by atoms with Gasteiger partial charge in [-0.3, -0.25) is 19.2 Å². The maximum Gasteiger partial charge on any atom is 0.303 e. The first-order valence-electron chi connectivity index (χ1n) is 19.8. The highest BCUT2D eigenvalue weighted by Crippen LogP contribution is 2.25. The number of anilines is 2. The van der Waals surface area contributed by atoms with Crippen molar-refractivity contribution in [2.75, 3.05) is 17.6 Å². The maximum absolute atomic E-state index is 13.0. The standard InChI is InChI=1S/C43H62N6O6/c1-6-7-10-17-34-27-36-33(18-15-19-37(36)48-41(34)44)16-11-9-14-26-45-31(5)55-28-32-22-24-35(25-23-32)47-42(53)30(4)46-43(54)40(29(2)3)49-38(50)20-12-8-13-21-39(51)52/h15,18-19,22-25,27,29-30,40,45H,5-14,16-17,20-21,26,28H2,1-4H3,(H2,44,48)(H,46,54)(H,47,53)(H,49,50)(H,51,52)/t30?,40-/m0/s1. The average Bonchev–Trinajstić information content (AvgIpc) is 3.14. The van der Waals surface area contributed by atoms with Crippen LogP contribution in [0.4, 0.5) is 11.5 Å². The van der Waals surface area contributed by atoms with Gasteiger partial charge in [0.1, 0.15) is 24.5 Å². The molecular formula is C43H62N6O6. The lowest BCUT2D eigenvalue weighted by Gasteiger charge is -2.24. The predicted molar refractivity (Wildman–Crippen MR) is 219 cm³/mol. The van der Waals surface area contributed by atoms with E-state index in [1.807, 2.05) is 32.0 Å². The van der Waals surface area contributed by atoms with Crippen molar-refractivity contribution in [2.24, 2.45) is 5.92 Å². The van der Waals surface area contributed by atoms with Crippen LogP contribution < -0.4 is 27.0 Å². The number of aliphatic carboxylic acids is 1. The van der Waals surface area contributed by atoms with Crippen LogP contribution in [-0.2, 0) is 43.4 Å². The van der Waals surface area contributed by atoms with E-state index in [1.165, 1.54) is 23.8 Å². The number of aryl methyl sites for hydroxylation is 2. The highest BCUT2D eigenvalue weighted by Gasteiger charge is 2.27. The Labute approximate surface area is 326 Å². The van der Waals surface area contributed by atoms with Gasteiger partial charge in [0, 0.05) is 30.5 Å². The summed E-state index contributed by atoms with van der Waals surface area (Å²) in [5.41, 5.74) is 11.1. The normalized spacial score (nSPS) is 12.2. The molecule has 0 aliphatic rings. The van der Waals surface area contributed by atoms with Crippen LogP contribution in [0.1, 0.15) is 115 Å². The number of benzene rings is 2. The molecule has 0 fully saturated rings. The fourth-order valence-electron chi connectivity index (χ4n) is 6.19. The Morgan fingerprint density at radius 2 is 1.53 bits per heavy atom. The zero-order valence-electron chi connectivity index (χ0n) is 33.2. The van der Waals surface area contributed by atoms with E-state index < -0.39 is 29.9 Å². The lowest BCUT2D eigenvalue weighted by Crippen LogP contribution is -2.53. The van der Waals surface area contributed by atoms with Crippen molar-refractivity contribution in [3.05, 3.63) is 77.7 Å². The Morgan fingerprint density at radius 1 is 0.836 bits per heavy atom. The van der Waals surface area contributed by atoms with Crippen LogP contribution in [-0.4, -0.2) is 52.4 Å². The van der Waals surface area contributed by atoms with E-state index in [2.05, 4.69) is 58.0 Å². The minimum Gasteiger partial charge on any atom is -0.481 e. The molecule has 3 rings (SSSR count). The first-order chi connectivity index (χ1) is 26.4. The molecule has 0 bridgehead atoms. The van der Waals surface area contributed by atoms with Crippen molar-refractivity contribution in [2.45, 2.75) is 130 Å². The van der Waals surface area contributed by atoms with Gasteiger partial charge in [-0.05, 0) is 105 Å². The number of ether oxygens (including phenoxy) is 1. The summed E-state index contributed by atoms with van der Waals surface area (Å²) in [7, 11) is 0. The van der Waals surface area contributed by atoms with Gasteiger partial charge >= 0.3 is 5.97 Å². The number of fused-ring (bicyclic) bond motifs is 1. The summed E-state index contributed by atoms with van der Waals surface area (Å²) in [6, 6.07) is 14.1. The van der Waals surface area contributed by atoms with Crippen LogP contribution in [0.15, 0.2) is 61.0 Å². The Morgan fingerprint density at radius 3 is 2.24 bits per heavy atom. The second-order valence-electron chi connectivity index (χ2n) is 14.6. The number of pyridine rings is 1. The van der Waals surface area contributed by atoms with Gasteiger partial charge in [-0.1, -0.05) is 70.7 Å². The van der Waals surface area contributed by atoms with Crippen molar-refractivity contribution < 1.29 is 29.0 Å². The molecule has 1 heterocycles. The molecule has 0 radical (unpaired) electrons. The van der Waals surface area contributed by atoms with E-state index in [0.29, 0.717) is 43.3 Å². The fourth-order valence-corrected chi connectivity index (χ4v) is 6.19. The van der Waals surface area contributed by atoms with Crippen molar-refractivity contribution in [3.8, 4) is 0 Å².